The van der Waals surface area contributed by atoms with Crippen LogP contribution in [-0.2, 0) is 12.3 Å². The van der Waals surface area contributed by atoms with Crippen LogP contribution in [0.3, 0.4) is 0 Å². The highest BCUT2D eigenvalue weighted by Gasteiger charge is 2.06. The van der Waals surface area contributed by atoms with Gasteiger partial charge in [-0.25, -0.2) is 0 Å². The molecule has 0 saturated carbocycles. The number of nitrogens with one attached hydrogen (secondary N) is 1. The molecular weight excluding hydrogens is 232 g/mol. The van der Waals surface area contributed by atoms with E-state index >= 15 is 0 Å². The molecule has 2 nitrogen and oxygen atoms in total. The number of unbranched alkanes of at least 4 members (excludes halogenated alkanes) is 1. The predicted octanol–water partition coefficient (Wildman–Crippen LogP) is 3.63. The van der Waals surface area contributed by atoms with Crippen LogP contribution in [0.4, 0.5) is 8.78 Å². The zero-order valence-corrected chi connectivity index (χ0v) is 10.2. The Morgan fingerprint density at radius 2 is 2.12 bits per heavy atom. The Balaban J connectivity index is 2.22. The highest BCUT2D eigenvalue weighted by atomic mass is 32.2. The van der Waals surface area contributed by atoms with Crippen LogP contribution in [0.1, 0.15) is 31.3 Å². The number of halogens is 2. The molecular formula is C11H17F2NOS. The summed E-state index contributed by atoms with van der Waals surface area (Å²) in [4.78, 5) is 0. The van der Waals surface area contributed by atoms with Crippen molar-refractivity contribution in [3.8, 4) is 0 Å². The minimum atomic E-state index is -2.34. The first kappa shape index (κ1) is 13.5. The summed E-state index contributed by atoms with van der Waals surface area (Å²) in [7, 11) is 0. The van der Waals surface area contributed by atoms with E-state index in [1.54, 1.807) is 6.07 Å². The number of furan rings is 1. The molecule has 0 aliphatic carbocycles. The van der Waals surface area contributed by atoms with E-state index in [1.807, 2.05) is 6.07 Å². The number of rotatable bonds is 8. The van der Waals surface area contributed by atoms with Gasteiger partial charge in [-0.3, -0.25) is 0 Å². The van der Waals surface area contributed by atoms with Crippen LogP contribution in [0.5, 0.6) is 0 Å². The lowest BCUT2D eigenvalue weighted by Crippen LogP contribution is -2.13. The Kier molecular flexibility index (Phi) is 6.49. The number of thioether (sulfide) groups is 1. The van der Waals surface area contributed by atoms with Gasteiger partial charge in [0.25, 0.3) is 5.76 Å². The second-order valence-corrected chi connectivity index (χ2v) is 4.45. The lowest BCUT2D eigenvalue weighted by atomic mass is 10.3. The van der Waals surface area contributed by atoms with Crippen molar-refractivity contribution < 1.29 is 13.2 Å². The fourth-order valence-electron chi connectivity index (χ4n) is 1.25. The van der Waals surface area contributed by atoms with Crippen LogP contribution >= 0.6 is 11.8 Å². The van der Waals surface area contributed by atoms with Crippen LogP contribution in [0.2, 0.25) is 0 Å². The van der Waals surface area contributed by atoms with Crippen molar-refractivity contribution in [2.45, 2.75) is 37.8 Å². The summed E-state index contributed by atoms with van der Waals surface area (Å²) in [5.41, 5.74) is 0. The topological polar surface area (TPSA) is 25.2 Å². The molecule has 1 heterocycles. The van der Waals surface area contributed by atoms with Crippen LogP contribution in [0, 0.1) is 0 Å². The van der Waals surface area contributed by atoms with Crippen LogP contribution < -0.4 is 5.32 Å². The molecule has 92 valence electrons. The monoisotopic (exact) mass is 249 g/mol. The van der Waals surface area contributed by atoms with E-state index in [2.05, 4.69) is 12.2 Å². The van der Waals surface area contributed by atoms with Gasteiger partial charge >= 0.3 is 0 Å². The van der Waals surface area contributed by atoms with Crippen molar-refractivity contribution >= 4 is 11.8 Å². The fourth-order valence-corrected chi connectivity index (χ4v) is 1.70. The third-order valence-corrected chi connectivity index (χ3v) is 2.78. The second kappa shape index (κ2) is 7.68. The van der Waals surface area contributed by atoms with Gasteiger partial charge in [-0.15, -0.1) is 0 Å². The molecule has 1 N–H and O–H groups in total. The van der Waals surface area contributed by atoms with E-state index < -0.39 is 5.76 Å². The molecule has 16 heavy (non-hydrogen) atoms. The molecule has 0 amide bonds. The van der Waals surface area contributed by atoms with E-state index in [1.165, 1.54) is 0 Å². The van der Waals surface area contributed by atoms with Gasteiger partial charge in [0.1, 0.15) is 11.5 Å². The van der Waals surface area contributed by atoms with Crippen LogP contribution in [0.25, 0.3) is 0 Å². The lowest BCUT2D eigenvalue weighted by molar-refractivity contribution is 0.251. The maximum Gasteiger partial charge on any atom is 0.284 e. The summed E-state index contributed by atoms with van der Waals surface area (Å²) in [5.74, 6) is -0.693. The Morgan fingerprint density at radius 1 is 1.38 bits per heavy atom. The predicted molar refractivity (Wildman–Crippen MR) is 62.6 cm³/mol. The van der Waals surface area contributed by atoms with Gasteiger partial charge in [0.2, 0.25) is 0 Å². The molecule has 0 atom stereocenters. The van der Waals surface area contributed by atoms with Gasteiger partial charge in [0, 0.05) is 0 Å². The fraction of sp³-hybridized carbons (Fsp3) is 0.636. The summed E-state index contributed by atoms with van der Waals surface area (Å²) in [6.07, 6.45) is 2.29. The summed E-state index contributed by atoms with van der Waals surface area (Å²) >= 11 is 0.582. The smallest absolute Gasteiger partial charge is 0.284 e. The van der Waals surface area contributed by atoms with Crippen LogP contribution in [-0.4, -0.2) is 12.3 Å². The standard InChI is InChI=1S/C11H17F2NOS/c1-2-3-6-14-7-9-4-5-10(15-9)8-16-11(12)13/h4-5,11,14H,2-3,6-8H2,1H3. The van der Waals surface area contributed by atoms with Crippen molar-refractivity contribution in [3.05, 3.63) is 23.7 Å². The molecule has 0 fully saturated rings. The van der Waals surface area contributed by atoms with Crippen molar-refractivity contribution in [2.75, 3.05) is 6.54 Å². The average molecular weight is 249 g/mol. The minimum Gasteiger partial charge on any atom is -0.464 e. The van der Waals surface area contributed by atoms with E-state index in [0.29, 0.717) is 24.1 Å². The average Bonchev–Trinajstić information content (AvgIpc) is 2.70. The number of hydrogen-bond donors (Lipinski definition) is 1. The number of alkyl halides is 2. The van der Waals surface area contributed by atoms with Gasteiger partial charge in [0.05, 0.1) is 12.3 Å². The molecule has 1 rings (SSSR count). The van der Waals surface area contributed by atoms with Crippen molar-refractivity contribution in [1.29, 1.82) is 0 Å². The van der Waals surface area contributed by atoms with Crippen molar-refractivity contribution in [3.63, 3.8) is 0 Å². The molecule has 1 aromatic rings. The Labute approximate surface area is 98.8 Å². The second-order valence-electron chi connectivity index (χ2n) is 3.47. The molecule has 0 aliphatic heterocycles. The van der Waals surface area contributed by atoms with Gasteiger partial charge < -0.3 is 9.73 Å². The zero-order valence-electron chi connectivity index (χ0n) is 9.34. The minimum absolute atomic E-state index is 0.229. The summed E-state index contributed by atoms with van der Waals surface area (Å²) < 4.78 is 29.2. The van der Waals surface area contributed by atoms with E-state index in [4.69, 9.17) is 4.42 Å². The van der Waals surface area contributed by atoms with Crippen LogP contribution in [0.15, 0.2) is 16.5 Å². The Hall–Kier alpha value is -0.550. The molecule has 0 aliphatic rings. The van der Waals surface area contributed by atoms with Gasteiger partial charge in [0.15, 0.2) is 0 Å². The molecule has 0 unspecified atom stereocenters. The normalized spacial score (nSPS) is 11.2. The highest BCUT2D eigenvalue weighted by molar-refractivity contribution is 7.98. The first-order valence-corrected chi connectivity index (χ1v) is 6.45. The lowest BCUT2D eigenvalue weighted by Gasteiger charge is -2.00. The number of hydrogen-bond acceptors (Lipinski definition) is 3. The summed E-state index contributed by atoms with van der Waals surface area (Å²) in [6, 6.07) is 3.59. The first-order valence-electron chi connectivity index (χ1n) is 5.40. The molecule has 1 aromatic heterocycles. The van der Waals surface area contributed by atoms with E-state index in [9.17, 15) is 8.78 Å². The maximum absolute atomic E-state index is 11.9. The van der Waals surface area contributed by atoms with E-state index in [-0.39, 0.29) is 5.75 Å². The third kappa shape index (κ3) is 5.51. The van der Waals surface area contributed by atoms with Gasteiger partial charge in [-0.2, -0.15) is 8.78 Å². The molecule has 0 bridgehead atoms. The van der Waals surface area contributed by atoms with Crippen molar-refractivity contribution in [2.24, 2.45) is 0 Å². The molecule has 0 aromatic carbocycles. The largest absolute Gasteiger partial charge is 0.464 e. The first-order chi connectivity index (χ1) is 7.72. The maximum atomic E-state index is 11.9. The van der Waals surface area contributed by atoms with Gasteiger partial charge in [-0.05, 0) is 25.1 Å². The SMILES string of the molecule is CCCCNCc1ccc(CSC(F)F)o1. The van der Waals surface area contributed by atoms with Crippen molar-refractivity contribution in [1.82, 2.24) is 5.32 Å². The van der Waals surface area contributed by atoms with Gasteiger partial charge in [-0.1, -0.05) is 25.1 Å². The zero-order chi connectivity index (χ0) is 11.8. The van der Waals surface area contributed by atoms with E-state index in [0.717, 1.165) is 25.1 Å². The third-order valence-electron chi connectivity index (χ3n) is 2.08. The molecule has 5 heteroatoms. The highest BCUT2D eigenvalue weighted by Crippen LogP contribution is 2.21. The quantitative estimate of drug-likeness (QED) is 0.712. The molecule has 0 saturated heterocycles. The molecule has 0 spiro atoms. The summed E-state index contributed by atoms with van der Waals surface area (Å²) in [6.45, 7) is 3.76. The summed E-state index contributed by atoms with van der Waals surface area (Å²) in [5, 5.41) is 3.23. The molecule has 0 radical (unpaired) electrons. The Morgan fingerprint density at radius 3 is 2.81 bits per heavy atom. The Bertz CT molecular complexity index is 291.